The first-order chi connectivity index (χ1) is 20.7. The number of esters is 1. The van der Waals surface area contributed by atoms with Crippen LogP contribution < -0.4 is 10.2 Å². The van der Waals surface area contributed by atoms with E-state index in [1.54, 1.807) is 12.1 Å². The quantitative estimate of drug-likeness (QED) is 0.237. The SMILES string of the molecule is COC(=O)C(c1ccccc1)N1CCN(c2ccc(NC(=O)c3cccc(C)c3-c3ccc(C(F)(F)F)cc3)cc2)CC1. The van der Waals surface area contributed by atoms with Gasteiger partial charge in [0.25, 0.3) is 5.91 Å². The number of carbonyl (C=O) groups excluding carboxylic acids is 2. The number of aryl methyl sites for hydroxylation is 1. The van der Waals surface area contributed by atoms with Gasteiger partial charge in [0.05, 0.1) is 12.7 Å². The Morgan fingerprint density at radius 1 is 0.814 bits per heavy atom. The Kier molecular flexibility index (Phi) is 8.82. The molecule has 0 bridgehead atoms. The highest BCUT2D eigenvalue weighted by Gasteiger charge is 2.32. The van der Waals surface area contributed by atoms with Crippen molar-refractivity contribution in [1.82, 2.24) is 4.90 Å². The van der Waals surface area contributed by atoms with Gasteiger partial charge in [-0.2, -0.15) is 13.2 Å². The van der Waals surface area contributed by atoms with Crippen LogP contribution in [0.5, 0.6) is 0 Å². The zero-order chi connectivity index (χ0) is 30.6. The molecule has 1 amide bonds. The molecule has 1 fully saturated rings. The molecule has 43 heavy (non-hydrogen) atoms. The van der Waals surface area contributed by atoms with E-state index in [9.17, 15) is 22.8 Å². The molecule has 1 atom stereocenters. The summed E-state index contributed by atoms with van der Waals surface area (Å²) in [6, 6.07) is 26.8. The van der Waals surface area contributed by atoms with Gasteiger partial charge in [-0.25, -0.2) is 4.79 Å². The summed E-state index contributed by atoms with van der Waals surface area (Å²) in [5.74, 6) is -0.635. The number of amides is 1. The first kappa shape index (κ1) is 29.8. The maximum atomic E-state index is 13.3. The number of alkyl halides is 3. The van der Waals surface area contributed by atoms with Crippen molar-refractivity contribution in [2.75, 3.05) is 43.5 Å². The number of hydrogen-bond acceptors (Lipinski definition) is 5. The van der Waals surface area contributed by atoms with Crippen molar-refractivity contribution >= 4 is 23.3 Å². The van der Waals surface area contributed by atoms with E-state index in [4.69, 9.17) is 4.74 Å². The predicted octanol–water partition coefficient (Wildman–Crippen LogP) is 6.97. The number of piperazine rings is 1. The fourth-order valence-corrected chi connectivity index (χ4v) is 5.50. The molecule has 0 saturated carbocycles. The number of carbonyl (C=O) groups is 2. The molecule has 1 unspecified atom stereocenters. The lowest BCUT2D eigenvalue weighted by Gasteiger charge is -2.39. The Hall–Kier alpha value is -4.63. The van der Waals surface area contributed by atoms with Gasteiger partial charge < -0.3 is 15.0 Å². The van der Waals surface area contributed by atoms with E-state index in [-0.39, 0.29) is 11.9 Å². The number of rotatable bonds is 7. The average molecular weight is 588 g/mol. The topological polar surface area (TPSA) is 61.9 Å². The Morgan fingerprint density at radius 3 is 2.07 bits per heavy atom. The van der Waals surface area contributed by atoms with Crippen LogP contribution in [0.25, 0.3) is 11.1 Å². The summed E-state index contributed by atoms with van der Waals surface area (Å²) >= 11 is 0. The molecule has 6 nitrogen and oxygen atoms in total. The fraction of sp³-hybridized carbons (Fsp3) is 0.235. The summed E-state index contributed by atoms with van der Waals surface area (Å²) in [6.07, 6.45) is -4.43. The number of methoxy groups -OCH3 is 1. The van der Waals surface area contributed by atoms with Gasteiger partial charge >= 0.3 is 12.1 Å². The highest BCUT2D eigenvalue weighted by molar-refractivity contribution is 6.09. The summed E-state index contributed by atoms with van der Waals surface area (Å²) in [4.78, 5) is 30.3. The van der Waals surface area contributed by atoms with Crippen molar-refractivity contribution in [2.24, 2.45) is 0 Å². The first-order valence-corrected chi connectivity index (χ1v) is 14.0. The third-order valence-electron chi connectivity index (χ3n) is 7.73. The third-order valence-corrected chi connectivity index (χ3v) is 7.73. The Bertz CT molecular complexity index is 1570. The number of benzene rings is 4. The van der Waals surface area contributed by atoms with Gasteiger partial charge in [0.1, 0.15) is 6.04 Å². The Labute approximate surface area is 248 Å². The Balaban J connectivity index is 1.25. The second-order valence-corrected chi connectivity index (χ2v) is 10.4. The van der Waals surface area contributed by atoms with Gasteiger partial charge in [0.15, 0.2) is 0 Å². The van der Waals surface area contributed by atoms with E-state index < -0.39 is 17.8 Å². The van der Waals surface area contributed by atoms with Crippen LogP contribution in [0.1, 0.15) is 33.1 Å². The molecule has 4 aromatic carbocycles. The van der Waals surface area contributed by atoms with Crippen molar-refractivity contribution in [1.29, 1.82) is 0 Å². The molecule has 9 heteroatoms. The van der Waals surface area contributed by atoms with Crippen molar-refractivity contribution in [2.45, 2.75) is 19.1 Å². The standard InChI is InChI=1S/C34H32F3N3O3/c1-23-7-6-10-29(30(23)24-11-13-26(14-12-24)34(35,36)37)32(41)38-27-15-17-28(18-16-27)39-19-21-40(22-20-39)31(33(42)43-2)25-8-4-3-5-9-25/h3-18,31H,19-22H2,1-2H3,(H,38,41). The molecule has 0 spiro atoms. The molecule has 4 aromatic rings. The molecule has 0 radical (unpaired) electrons. The molecule has 1 saturated heterocycles. The molecule has 1 aliphatic heterocycles. The average Bonchev–Trinajstić information content (AvgIpc) is 3.02. The van der Waals surface area contributed by atoms with Crippen molar-refractivity contribution in [3.05, 3.63) is 119 Å². The maximum absolute atomic E-state index is 13.3. The highest BCUT2D eigenvalue weighted by atomic mass is 19.4. The van der Waals surface area contributed by atoms with Gasteiger partial charge in [-0.1, -0.05) is 54.6 Å². The highest BCUT2D eigenvalue weighted by Crippen LogP contribution is 2.34. The van der Waals surface area contributed by atoms with Gasteiger partial charge in [-0.05, 0) is 71.6 Å². The summed E-state index contributed by atoms with van der Waals surface area (Å²) in [7, 11) is 1.41. The molecular formula is C34H32F3N3O3. The van der Waals surface area contributed by atoms with E-state index in [1.165, 1.54) is 19.2 Å². The van der Waals surface area contributed by atoms with E-state index in [0.717, 1.165) is 28.9 Å². The zero-order valence-corrected chi connectivity index (χ0v) is 23.9. The van der Waals surface area contributed by atoms with E-state index in [2.05, 4.69) is 15.1 Å². The minimum absolute atomic E-state index is 0.283. The minimum atomic E-state index is -4.43. The number of nitrogens with one attached hydrogen (secondary N) is 1. The van der Waals surface area contributed by atoms with Crippen LogP contribution in [-0.4, -0.2) is 50.1 Å². The first-order valence-electron chi connectivity index (χ1n) is 14.0. The largest absolute Gasteiger partial charge is 0.468 e. The van der Waals surface area contributed by atoms with E-state index >= 15 is 0 Å². The molecule has 0 aliphatic carbocycles. The monoisotopic (exact) mass is 587 g/mol. The van der Waals surface area contributed by atoms with Crippen LogP contribution >= 0.6 is 0 Å². The van der Waals surface area contributed by atoms with Gasteiger partial charge in [-0.15, -0.1) is 0 Å². The lowest BCUT2D eigenvalue weighted by atomic mass is 9.94. The number of hydrogen-bond donors (Lipinski definition) is 1. The predicted molar refractivity (Wildman–Crippen MR) is 161 cm³/mol. The van der Waals surface area contributed by atoms with Gasteiger partial charge in [0.2, 0.25) is 0 Å². The number of ether oxygens (including phenoxy) is 1. The van der Waals surface area contributed by atoms with Crippen LogP contribution in [0, 0.1) is 6.92 Å². The second kappa shape index (κ2) is 12.7. The number of halogens is 3. The smallest absolute Gasteiger partial charge is 0.416 e. The second-order valence-electron chi connectivity index (χ2n) is 10.4. The number of nitrogens with zero attached hydrogens (tertiary/aromatic N) is 2. The summed E-state index contributed by atoms with van der Waals surface area (Å²) in [5, 5.41) is 2.92. The molecule has 0 aromatic heterocycles. The minimum Gasteiger partial charge on any atom is -0.468 e. The van der Waals surface area contributed by atoms with Crippen LogP contribution in [0.3, 0.4) is 0 Å². The maximum Gasteiger partial charge on any atom is 0.416 e. The molecule has 5 rings (SSSR count). The Morgan fingerprint density at radius 2 is 1.47 bits per heavy atom. The van der Waals surface area contributed by atoms with Crippen molar-refractivity contribution in [3.63, 3.8) is 0 Å². The number of anilines is 2. The summed E-state index contributed by atoms with van der Waals surface area (Å²) in [6.45, 7) is 4.60. The van der Waals surface area contributed by atoms with Crippen LogP contribution in [0.4, 0.5) is 24.5 Å². The van der Waals surface area contributed by atoms with E-state index in [1.807, 2.05) is 67.6 Å². The molecule has 1 aliphatic rings. The third kappa shape index (κ3) is 6.73. The van der Waals surface area contributed by atoms with Crippen LogP contribution in [0.2, 0.25) is 0 Å². The van der Waals surface area contributed by atoms with Gasteiger partial charge in [0, 0.05) is 43.1 Å². The summed E-state index contributed by atoms with van der Waals surface area (Å²) < 4.78 is 44.3. The van der Waals surface area contributed by atoms with Crippen molar-refractivity contribution in [3.8, 4) is 11.1 Å². The fourth-order valence-electron chi connectivity index (χ4n) is 5.50. The molecule has 1 heterocycles. The van der Waals surface area contributed by atoms with Crippen LogP contribution in [0.15, 0.2) is 97.1 Å². The molecule has 222 valence electrons. The molecule has 1 N–H and O–H groups in total. The lowest BCUT2D eigenvalue weighted by molar-refractivity contribution is -0.147. The van der Waals surface area contributed by atoms with Crippen LogP contribution in [-0.2, 0) is 15.7 Å². The normalized spacial score (nSPS) is 14.7. The van der Waals surface area contributed by atoms with Gasteiger partial charge in [-0.3, -0.25) is 9.69 Å². The summed E-state index contributed by atoms with van der Waals surface area (Å²) in [5.41, 5.74) is 4.03. The van der Waals surface area contributed by atoms with Crippen molar-refractivity contribution < 1.29 is 27.5 Å². The van der Waals surface area contributed by atoms with E-state index in [0.29, 0.717) is 48.6 Å². The lowest BCUT2D eigenvalue weighted by Crippen LogP contribution is -2.49. The zero-order valence-electron chi connectivity index (χ0n) is 23.9. The molecular weight excluding hydrogens is 555 g/mol.